The molecule has 0 radical (unpaired) electrons. The molecule has 1 aliphatic carbocycles. The van der Waals surface area contributed by atoms with Crippen molar-refractivity contribution in [3.63, 3.8) is 0 Å². The van der Waals surface area contributed by atoms with Crippen LogP contribution in [0.4, 0.5) is 5.69 Å². The minimum Gasteiger partial charge on any atom is -0.512 e. The third-order valence-corrected chi connectivity index (χ3v) is 5.51. The van der Waals surface area contributed by atoms with E-state index in [4.69, 9.17) is 9.47 Å². The number of hydrogen-bond donors (Lipinski definition) is 2. The van der Waals surface area contributed by atoms with E-state index in [1.807, 2.05) is 6.07 Å². The van der Waals surface area contributed by atoms with Crippen LogP contribution < -0.4 is 4.90 Å². The van der Waals surface area contributed by atoms with Crippen LogP contribution in [0.1, 0.15) is 38.3 Å². The lowest BCUT2D eigenvalue weighted by Gasteiger charge is -2.28. The number of pyridine rings is 1. The van der Waals surface area contributed by atoms with Gasteiger partial charge in [-0.15, -0.1) is 0 Å². The summed E-state index contributed by atoms with van der Waals surface area (Å²) in [5, 5.41) is 21.2. The molecule has 1 aromatic rings. The van der Waals surface area contributed by atoms with Crippen molar-refractivity contribution in [2.24, 2.45) is 0 Å². The lowest BCUT2D eigenvalue weighted by Crippen LogP contribution is -2.45. The molecule has 7 nitrogen and oxygen atoms in total. The number of carbonyl (C=O) groups excluding carboxylic acids is 1. The fraction of sp³-hybridized carbons (Fsp3) is 0.429. The van der Waals surface area contributed by atoms with Crippen LogP contribution in [0.3, 0.4) is 0 Å². The van der Waals surface area contributed by atoms with Gasteiger partial charge in [0.25, 0.3) is 0 Å². The number of ether oxygens (including phenoxy) is 2. The number of nitrogens with zero attached hydrogens (tertiary/aromatic N) is 2. The highest BCUT2D eigenvalue weighted by Gasteiger charge is 2.55. The summed E-state index contributed by atoms with van der Waals surface area (Å²) in [5.74, 6) is 0.694. The lowest BCUT2D eigenvalue weighted by molar-refractivity contribution is -0.123. The van der Waals surface area contributed by atoms with Crippen molar-refractivity contribution in [1.29, 1.82) is 0 Å². The van der Waals surface area contributed by atoms with Gasteiger partial charge in [0.05, 0.1) is 18.0 Å². The molecular weight excluding hydrogens is 360 g/mol. The van der Waals surface area contributed by atoms with Crippen LogP contribution in [-0.2, 0) is 19.7 Å². The highest BCUT2D eigenvalue weighted by Crippen LogP contribution is 2.48. The quantitative estimate of drug-likeness (QED) is 0.733. The number of anilines is 1. The summed E-state index contributed by atoms with van der Waals surface area (Å²) >= 11 is 0. The summed E-state index contributed by atoms with van der Waals surface area (Å²) < 4.78 is 10.9. The number of amides is 1. The van der Waals surface area contributed by atoms with Gasteiger partial charge in [0.2, 0.25) is 12.7 Å². The first kappa shape index (κ1) is 18.6. The van der Waals surface area contributed by atoms with Gasteiger partial charge in [-0.1, -0.05) is 19.8 Å². The Morgan fingerprint density at radius 3 is 2.89 bits per heavy atom. The second kappa shape index (κ2) is 7.31. The summed E-state index contributed by atoms with van der Waals surface area (Å²) in [6, 6.07) is 3.61. The van der Waals surface area contributed by atoms with Crippen molar-refractivity contribution < 1.29 is 24.5 Å². The molecule has 1 fully saturated rings. The summed E-state index contributed by atoms with van der Waals surface area (Å²) in [6.45, 7) is 2.23. The first-order valence-electron chi connectivity index (χ1n) is 9.62. The maximum Gasteiger partial charge on any atom is 0.246 e. The van der Waals surface area contributed by atoms with Crippen molar-refractivity contribution in [3.05, 3.63) is 59.0 Å². The number of carbonyl (C=O) groups is 1. The Morgan fingerprint density at radius 1 is 1.29 bits per heavy atom. The zero-order valence-corrected chi connectivity index (χ0v) is 15.9. The van der Waals surface area contributed by atoms with E-state index in [9.17, 15) is 15.0 Å². The minimum atomic E-state index is -1.46. The molecule has 1 aromatic heterocycles. The van der Waals surface area contributed by atoms with E-state index >= 15 is 0 Å². The number of aromatic nitrogens is 1. The van der Waals surface area contributed by atoms with Gasteiger partial charge in [0.1, 0.15) is 11.2 Å². The van der Waals surface area contributed by atoms with Crippen molar-refractivity contribution in [2.75, 3.05) is 24.8 Å². The number of hydrogen-bond acceptors (Lipinski definition) is 6. The Kier molecular flexibility index (Phi) is 4.85. The highest BCUT2D eigenvalue weighted by atomic mass is 16.7. The van der Waals surface area contributed by atoms with Gasteiger partial charge in [0, 0.05) is 24.7 Å². The zero-order chi connectivity index (χ0) is 19.7. The third kappa shape index (κ3) is 2.69. The second-order valence-electron chi connectivity index (χ2n) is 7.15. The Hall–Kier alpha value is -2.80. The van der Waals surface area contributed by atoms with Crippen LogP contribution in [-0.4, -0.2) is 41.0 Å². The average Bonchev–Trinajstić information content (AvgIpc) is 3.21. The number of fused-ring (bicyclic) bond motifs is 2. The molecule has 0 spiro atoms. The average molecular weight is 384 g/mol. The number of aliphatic hydroxyl groups is 2. The molecule has 2 N–H and O–H groups in total. The van der Waals surface area contributed by atoms with E-state index in [2.05, 4.69) is 11.9 Å². The molecule has 7 heteroatoms. The van der Waals surface area contributed by atoms with Gasteiger partial charge in [-0.2, -0.15) is 0 Å². The fourth-order valence-electron chi connectivity index (χ4n) is 4.05. The van der Waals surface area contributed by atoms with Crippen molar-refractivity contribution in [3.8, 4) is 0 Å². The van der Waals surface area contributed by atoms with Crippen LogP contribution in [0.2, 0.25) is 0 Å². The smallest absolute Gasteiger partial charge is 0.246 e. The molecule has 0 bridgehead atoms. The lowest BCUT2D eigenvalue weighted by atomic mass is 9.77. The predicted molar refractivity (Wildman–Crippen MR) is 102 cm³/mol. The maximum absolute atomic E-state index is 13.6. The van der Waals surface area contributed by atoms with E-state index in [-0.39, 0.29) is 24.9 Å². The topological polar surface area (TPSA) is 92.1 Å². The first-order chi connectivity index (χ1) is 13.6. The van der Waals surface area contributed by atoms with Crippen molar-refractivity contribution >= 4 is 11.6 Å². The van der Waals surface area contributed by atoms with Crippen LogP contribution in [0.5, 0.6) is 0 Å². The molecule has 1 unspecified atom stereocenters. The molecule has 28 heavy (non-hydrogen) atoms. The van der Waals surface area contributed by atoms with Crippen LogP contribution >= 0.6 is 0 Å². The van der Waals surface area contributed by atoms with Gasteiger partial charge < -0.3 is 24.6 Å². The minimum absolute atomic E-state index is 0.00369. The van der Waals surface area contributed by atoms with Gasteiger partial charge in [-0.25, -0.2) is 0 Å². The number of unbranched alkanes of at least 4 members (excludes halogenated alkanes) is 2. The van der Waals surface area contributed by atoms with Crippen LogP contribution in [0, 0.1) is 0 Å². The molecular formula is C21H24N2O5. The van der Waals surface area contributed by atoms with Crippen molar-refractivity contribution in [1.82, 2.24) is 4.98 Å². The standard InChI is InChI=1S/C21H24N2O5/c1-2-3-4-10-23-15-6-5-9-22-19(15)21(12-24,20(23)26)14-11-18-17(27-13-28-18)8-7-16(14)25/h5-6,8-9,11,24-25H,2-4,7,10,12-13H2,1H3. The predicted octanol–water partition coefficient (Wildman–Crippen LogP) is 2.84. The van der Waals surface area contributed by atoms with Gasteiger partial charge in [0.15, 0.2) is 11.5 Å². The number of allylic oxidation sites excluding steroid dienone is 2. The summed E-state index contributed by atoms with van der Waals surface area (Å²) in [5.41, 5.74) is -0.0170. The normalized spacial score (nSPS) is 23.5. The largest absolute Gasteiger partial charge is 0.512 e. The summed E-state index contributed by atoms with van der Waals surface area (Å²) in [4.78, 5) is 19.8. The summed E-state index contributed by atoms with van der Waals surface area (Å²) in [7, 11) is 0. The fourth-order valence-corrected chi connectivity index (χ4v) is 4.05. The first-order valence-corrected chi connectivity index (χ1v) is 9.62. The monoisotopic (exact) mass is 384 g/mol. The van der Waals surface area contributed by atoms with E-state index < -0.39 is 12.0 Å². The Labute approximate surface area is 163 Å². The van der Waals surface area contributed by atoms with Gasteiger partial charge in [-0.05, 0) is 30.7 Å². The Morgan fingerprint density at radius 2 is 2.11 bits per heavy atom. The Balaban J connectivity index is 1.84. The molecule has 0 saturated carbocycles. The van der Waals surface area contributed by atoms with E-state index in [1.165, 1.54) is 0 Å². The summed E-state index contributed by atoms with van der Waals surface area (Å²) in [6.07, 6.45) is 7.99. The molecule has 148 valence electrons. The molecule has 0 aromatic carbocycles. The molecule has 2 aliphatic heterocycles. The van der Waals surface area contributed by atoms with Crippen LogP contribution in [0.25, 0.3) is 0 Å². The maximum atomic E-state index is 13.6. The van der Waals surface area contributed by atoms with E-state index in [1.54, 1.807) is 29.3 Å². The van der Waals surface area contributed by atoms with Gasteiger partial charge in [-0.3, -0.25) is 9.78 Å². The molecule has 4 rings (SSSR count). The molecule has 3 aliphatic rings. The van der Waals surface area contributed by atoms with Crippen molar-refractivity contribution in [2.45, 2.75) is 38.0 Å². The number of rotatable bonds is 6. The SMILES string of the molecule is CCCCCN1C(=O)C(CO)(C2=C(O)CC=C3OCOC3=C2)c2ncccc21. The van der Waals surface area contributed by atoms with Gasteiger partial charge >= 0.3 is 0 Å². The Bertz CT molecular complexity index is 889. The van der Waals surface area contributed by atoms with E-state index in [0.717, 1.165) is 19.3 Å². The zero-order valence-electron chi connectivity index (χ0n) is 15.9. The molecule has 3 heterocycles. The van der Waals surface area contributed by atoms with E-state index in [0.29, 0.717) is 35.0 Å². The molecule has 1 amide bonds. The number of aliphatic hydroxyl groups excluding tert-OH is 2. The highest BCUT2D eigenvalue weighted by molar-refractivity contribution is 6.10. The second-order valence-corrected chi connectivity index (χ2v) is 7.15. The molecule has 1 saturated heterocycles. The van der Waals surface area contributed by atoms with Crippen LogP contribution in [0.15, 0.2) is 53.3 Å². The molecule has 1 atom stereocenters. The third-order valence-electron chi connectivity index (χ3n) is 5.51.